The number of nitrogens with one attached hydrogen (secondary N) is 1. The highest BCUT2D eigenvalue weighted by molar-refractivity contribution is 7.92. The molecule has 9 heteroatoms. The number of carbonyl (C=O) groups excluding carboxylic acids is 1. The molecule has 1 amide bonds. The van der Waals surface area contributed by atoms with Crippen molar-refractivity contribution in [3.8, 4) is 5.69 Å². The molecule has 38 heavy (non-hydrogen) atoms. The van der Waals surface area contributed by atoms with Gasteiger partial charge in [0.15, 0.2) is 0 Å². The molecular weight excluding hydrogens is 503 g/mol. The lowest BCUT2D eigenvalue weighted by Crippen LogP contribution is -2.39. The predicted molar refractivity (Wildman–Crippen MR) is 148 cm³/mol. The molecule has 0 atom stereocenters. The van der Waals surface area contributed by atoms with Crippen LogP contribution in [0.2, 0.25) is 0 Å². The van der Waals surface area contributed by atoms with Crippen molar-refractivity contribution in [2.75, 3.05) is 10.8 Å². The van der Waals surface area contributed by atoms with Gasteiger partial charge < -0.3 is 4.57 Å². The number of rotatable bonds is 8. The van der Waals surface area contributed by atoms with Crippen LogP contribution in [0, 0.1) is 33.5 Å². The number of hydrogen-bond donors (Lipinski definition) is 1. The molecule has 1 aromatic heterocycles. The zero-order valence-electron chi connectivity index (χ0n) is 21.6. The van der Waals surface area contributed by atoms with Crippen LogP contribution in [0.3, 0.4) is 0 Å². The molecule has 0 saturated heterocycles. The first-order chi connectivity index (χ1) is 18.1. The van der Waals surface area contributed by atoms with E-state index in [0.29, 0.717) is 0 Å². The molecular formula is C29H29FN4O3S. The van der Waals surface area contributed by atoms with Gasteiger partial charge in [-0.05, 0) is 93.4 Å². The van der Waals surface area contributed by atoms with Gasteiger partial charge in [-0.1, -0.05) is 24.3 Å². The highest BCUT2D eigenvalue weighted by Gasteiger charge is 2.27. The van der Waals surface area contributed by atoms with Crippen LogP contribution >= 0.6 is 0 Å². The SMILES string of the molecule is Cc1ccc(-n2c(C)cc(/C=N/NC(=O)CN(c3ccc(F)cc3)S(=O)(=O)c3ccccc3)c2C)cc1C. The average molecular weight is 533 g/mol. The van der Waals surface area contributed by atoms with Crippen molar-refractivity contribution in [1.82, 2.24) is 9.99 Å². The minimum absolute atomic E-state index is 0.0133. The van der Waals surface area contributed by atoms with Crippen molar-refractivity contribution in [3.05, 3.63) is 113 Å². The van der Waals surface area contributed by atoms with Crippen molar-refractivity contribution in [3.63, 3.8) is 0 Å². The third-order valence-electron chi connectivity index (χ3n) is 6.34. The van der Waals surface area contributed by atoms with Crippen molar-refractivity contribution in [1.29, 1.82) is 0 Å². The third kappa shape index (κ3) is 5.68. The highest BCUT2D eigenvalue weighted by atomic mass is 32.2. The van der Waals surface area contributed by atoms with Gasteiger partial charge in [0.25, 0.3) is 15.9 Å². The number of halogens is 1. The van der Waals surface area contributed by atoms with Gasteiger partial charge in [-0.3, -0.25) is 9.10 Å². The molecule has 0 saturated carbocycles. The van der Waals surface area contributed by atoms with Crippen LogP contribution in [0.4, 0.5) is 10.1 Å². The Hall–Kier alpha value is -4.24. The summed E-state index contributed by atoms with van der Waals surface area (Å²) in [6, 6.07) is 20.9. The van der Waals surface area contributed by atoms with Crippen molar-refractivity contribution < 1.29 is 17.6 Å². The molecule has 3 aromatic carbocycles. The van der Waals surface area contributed by atoms with E-state index in [4.69, 9.17) is 0 Å². The molecule has 196 valence electrons. The molecule has 0 aliphatic heterocycles. The number of aromatic nitrogens is 1. The minimum atomic E-state index is -4.09. The van der Waals surface area contributed by atoms with Gasteiger partial charge in [0.2, 0.25) is 0 Å². The summed E-state index contributed by atoms with van der Waals surface area (Å²) in [5, 5.41) is 4.08. The first-order valence-electron chi connectivity index (χ1n) is 12.0. The molecule has 4 rings (SSSR count). The normalized spacial score (nSPS) is 11.6. The molecule has 7 nitrogen and oxygen atoms in total. The Morgan fingerprint density at radius 1 is 0.947 bits per heavy atom. The van der Waals surface area contributed by atoms with Crippen LogP contribution in [0.1, 0.15) is 28.1 Å². The van der Waals surface area contributed by atoms with Crippen LogP contribution in [0.25, 0.3) is 5.69 Å². The van der Waals surface area contributed by atoms with Gasteiger partial charge in [-0.15, -0.1) is 0 Å². The topological polar surface area (TPSA) is 83.8 Å². The van der Waals surface area contributed by atoms with Crippen molar-refractivity contribution in [2.45, 2.75) is 32.6 Å². The van der Waals surface area contributed by atoms with Crippen LogP contribution in [0.15, 0.2) is 88.9 Å². The number of hydrogen-bond acceptors (Lipinski definition) is 4. The summed E-state index contributed by atoms with van der Waals surface area (Å²) in [6.45, 7) is 7.55. The Labute approximate surface area is 222 Å². The summed E-state index contributed by atoms with van der Waals surface area (Å²) >= 11 is 0. The maximum Gasteiger partial charge on any atom is 0.264 e. The lowest BCUT2D eigenvalue weighted by Gasteiger charge is -2.23. The molecule has 0 aliphatic rings. The van der Waals surface area contributed by atoms with E-state index in [0.717, 1.165) is 39.1 Å². The van der Waals surface area contributed by atoms with E-state index >= 15 is 0 Å². The number of amides is 1. The van der Waals surface area contributed by atoms with Gasteiger partial charge in [-0.25, -0.2) is 18.2 Å². The number of aryl methyl sites for hydroxylation is 3. The second-order valence-corrected chi connectivity index (χ2v) is 10.9. The number of benzene rings is 3. The lowest BCUT2D eigenvalue weighted by molar-refractivity contribution is -0.119. The first-order valence-corrected chi connectivity index (χ1v) is 13.4. The maximum absolute atomic E-state index is 13.5. The Bertz CT molecular complexity index is 1600. The molecule has 0 aliphatic carbocycles. The van der Waals surface area contributed by atoms with E-state index in [-0.39, 0.29) is 10.6 Å². The van der Waals surface area contributed by atoms with Gasteiger partial charge in [-0.2, -0.15) is 5.10 Å². The predicted octanol–water partition coefficient (Wildman–Crippen LogP) is 5.20. The smallest absolute Gasteiger partial charge is 0.264 e. The lowest BCUT2D eigenvalue weighted by atomic mass is 10.1. The summed E-state index contributed by atoms with van der Waals surface area (Å²) in [5.41, 5.74) is 8.78. The summed E-state index contributed by atoms with van der Waals surface area (Å²) in [5.74, 6) is -1.16. The van der Waals surface area contributed by atoms with Gasteiger partial charge in [0, 0.05) is 22.6 Å². The quantitative estimate of drug-likeness (QED) is 0.250. The third-order valence-corrected chi connectivity index (χ3v) is 8.13. The van der Waals surface area contributed by atoms with Crippen LogP contribution in [0.5, 0.6) is 0 Å². The Morgan fingerprint density at radius 2 is 1.63 bits per heavy atom. The van der Waals surface area contributed by atoms with Crippen LogP contribution in [-0.4, -0.2) is 31.7 Å². The second kappa shape index (κ2) is 11.0. The fourth-order valence-corrected chi connectivity index (χ4v) is 5.60. The molecule has 0 spiro atoms. The van der Waals surface area contributed by atoms with Gasteiger partial charge >= 0.3 is 0 Å². The molecule has 0 radical (unpaired) electrons. The minimum Gasteiger partial charge on any atom is -0.318 e. The Morgan fingerprint density at radius 3 is 2.29 bits per heavy atom. The molecule has 0 bridgehead atoms. The molecule has 0 unspecified atom stereocenters. The number of hydrazone groups is 1. The molecule has 4 aromatic rings. The average Bonchev–Trinajstić information content (AvgIpc) is 3.18. The zero-order valence-corrected chi connectivity index (χ0v) is 22.5. The van der Waals surface area contributed by atoms with E-state index in [1.165, 1.54) is 41.6 Å². The van der Waals surface area contributed by atoms with Gasteiger partial charge in [0.05, 0.1) is 16.8 Å². The summed E-state index contributed by atoms with van der Waals surface area (Å²) in [6.07, 6.45) is 1.53. The number of carbonyl (C=O) groups is 1. The van der Waals surface area contributed by atoms with E-state index in [1.54, 1.807) is 18.2 Å². The fraction of sp³-hybridized carbons (Fsp3) is 0.172. The molecule has 0 fully saturated rings. The van der Waals surface area contributed by atoms with E-state index in [1.807, 2.05) is 19.9 Å². The van der Waals surface area contributed by atoms with E-state index < -0.39 is 28.3 Å². The van der Waals surface area contributed by atoms with Crippen LogP contribution < -0.4 is 9.73 Å². The fourth-order valence-electron chi connectivity index (χ4n) is 4.16. The summed E-state index contributed by atoms with van der Waals surface area (Å²) in [4.78, 5) is 12.8. The number of nitrogens with zero attached hydrogens (tertiary/aromatic N) is 3. The summed E-state index contributed by atoms with van der Waals surface area (Å²) < 4.78 is 43.2. The number of anilines is 1. The number of sulfonamides is 1. The zero-order chi connectivity index (χ0) is 27.4. The Kier molecular flexibility index (Phi) is 7.78. The highest BCUT2D eigenvalue weighted by Crippen LogP contribution is 2.24. The first kappa shape index (κ1) is 26.8. The maximum atomic E-state index is 13.5. The standard InChI is InChI=1S/C29H29FN4O3S/c1-20-10-13-27(16-21(20)2)34-22(3)17-24(23(34)4)18-31-32-29(35)19-33(26-14-11-25(30)12-15-26)38(36,37)28-8-6-5-7-9-28/h5-18H,19H2,1-4H3,(H,32,35)/b31-18+. The van der Waals surface area contributed by atoms with E-state index in [2.05, 4.69) is 47.1 Å². The van der Waals surface area contributed by atoms with Gasteiger partial charge in [0.1, 0.15) is 12.4 Å². The van der Waals surface area contributed by atoms with Crippen molar-refractivity contribution >= 4 is 27.8 Å². The summed E-state index contributed by atoms with van der Waals surface area (Å²) in [7, 11) is -4.09. The second-order valence-electron chi connectivity index (χ2n) is 9.02. The Balaban J connectivity index is 1.54. The van der Waals surface area contributed by atoms with Crippen molar-refractivity contribution in [2.24, 2.45) is 5.10 Å². The molecule has 1 heterocycles. The monoisotopic (exact) mass is 532 g/mol. The molecule has 1 N–H and O–H groups in total. The largest absolute Gasteiger partial charge is 0.318 e. The van der Waals surface area contributed by atoms with Crippen LogP contribution in [-0.2, 0) is 14.8 Å². The van der Waals surface area contributed by atoms with E-state index in [9.17, 15) is 17.6 Å².